The third-order valence-corrected chi connectivity index (χ3v) is 3.55. The molecule has 0 aromatic carbocycles. The van der Waals surface area contributed by atoms with E-state index in [0.717, 1.165) is 0 Å². The second-order valence-electron chi connectivity index (χ2n) is 4.61. The molecule has 2 aliphatic rings. The van der Waals surface area contributed by atoms with Crippen molar-refractivity contribution in [2.24, 2.45) is 5.92 Å². The van der Waals surface area contributed by atoms with E-state index in [1.165, 1.54) is 36.8 Å². The molecule has 0 aliphatic heterocycles. The van der Waals surface area contributed by atoms with Crippen LogP contribution in [0.3, 0.4) is 0 Å². The van der Waals surface area contributed by atoms with Gasteiger partial charge in [-0.25, -0.2) is 0 Å². The Labute approximate surface area is 93.1 Å². The molecule has 0 heteroatoms. The minimum atomic E-state index is 0.540. The highest BCUT2D eigenvalue weighted by atomic mass is 14.2. The zero-order valence-electron chi connectivity index (χ0n) is 9.79. The van der Waals surface area contributed by atoms with Crippen LogP contribution >= 0.6 is 0 Å². The van der Waals surface area contributed by atoms with Gasteiger partial charge in [0.05, 0.1) is 0 Å². The fourth-order valence-electron chi connectivity index (χ4n) is 2.40. The summed E-state index contributed by atoms with van der Waals surface area (Å²) in [4.78, 5) is 0. The molecular formula is C15H20. The molecule has 15 heavy (non-hydrogen) atoms. The summed E-state index contributed by atoms with van der Waals surface area (Å²) in [6.07, 6.45) is 16.6. The Kier molecular flexibility index (Phi) is 3.25. The first-order valence-corrected chi connectivity index (χ1v) is 6.01. The number of rotatable bonds is 1. The molecule has 0 heterocycles. The Morgan fingerprint density at radius 2 is 1.80 bits per heavy atom. The fraction of sp³-hybridized carbons (Fsp3) is 0.467. The molecule has 0 N–H and O–H groups in total. The van der Waals surface area contributed by atoms with E-state index in [1.54, 1.807) is 5.57 Å². The van der Waals surface area contributed by atoms with Crippen LogP contribution < -0.4 is 0 Å². The van der Waals surface area contributed by atoms with E-state index in [4.69, 9.17) is 0 Å². The molecule has 0 nitrogen and oxygen atoms in total. The molecule has 0 aromatic heterocycles. The van der Waals surface area contributed by atoms with Crippen molar-refractivity contribution in [3.8, 4) is 0 Å². The Bertz CT molecular complexity index is 338. The molecule has 0 saturated heterocycles. The normalized spacial score (nSPS) is 22.9. The van der Waals surface area contributed by atoms with Crippen LogP contribution in [0.2, 0.25) is 0 Å². The highest BCUT2D eigenvalue weighted by molar-refractivity contribution is 5.42. The van der Waals surface area contributed by atoms with Crippen molar-refractivity contribution in [3.05, 3.63) is 47.1 Å². The van der Waals surface area contributed by atoms with Crippen molar-refractivity contribution in [1.82, 2.24) is 0 Å². The molecule has 0 spiro atoms. The predicted molar refractivity (Wildman–Crippen MR) is 66.7 cm³/mol. The summed E-state index contributed by atoms with van der Waals surface area (Å²) < 4.78 is 0. The van der Waals surface area contributed by atoms with Gasteiger partial charge in [0.15, 0.2) is 0 Å². The standard InChI is InChI=1S/C15H20/c1-12-8-4-3-5-11-15(13(12)2)14-9-6-7-10-14/h6-7,9-11,14H,3-5,8H2,1-2H3. The Morgan fingerprint density at radius 3 is 2.53 bits per heavy atom. The largest absolute Gasteiger partial charge is 0.0801 e. The highest BCUT2D eigenvalue weighted by Crippen LogP contribution is 2.31. The summed E-state index contributed by atoms with van der Waals surface area (Å²) in [7, 11) is 0. The molecule has 0 fully saturated rings. The zero-order chi connectivity index (χ0) is 10.7. The first kappa shape index (κ1) is 10.5. The molecule has 0 aromatic rings. The Hall–Kier alpha value is -1.04. The first-order valence-electron chi connectivity index (χ1n) is 6.01. The second kappa shape index (κ2) is 4.65. The van der Waals surface area contributed by atoms with Gasteiger partial charge in [-0.15, -0.1) is 0 Å². The van der Waals surface area contributed by atoms with Crippen LogP contribution in [0.4, 0.5) is 0 Å². The van der Waals surface area contributed by atoms with Crippen molar-refractivity contribution in [2.75, 3.05) is 0 Å². The molecule has 0 bridgehead atoms. The zero-order valence-corrected chi connectivity index (χ0v) is 9.79. The van der Waals surface area contributed by atoms with E-state index in [-0.39, 0.29) is 0 Å². The van der Waals surface area contributed by atoms with Crippen LogP contribution in [0, 0.1) is 5.92 Å². The van der Waals surface area contributed by atoms with Gasteiger partial charge < -0.3 is 0 Å². The first-order chi connectivity index (χ1) is 7.29. The molecule has 2 aliphatic carbocycles. The lowest BCUT2D eigenvalue weighted by Gasteiger charge is -2.18. The number of allylic oxidation sites excluding steroid dienone is 8. The van der Waals surface area contributed by atoms with Crippen LogP contribution in [0.5, 0.6) is 0 Å². The van der Waals surface area contributed by atoms with Crippen LogP contribution in [0.25, 0.3) is 0 Å². The lowest BCUT2D eigenvalue weighted by atomic mass is 9.87. The summed E-state index contributed by atoms with van der Waals surface area (Å²) in [6, 6.07) is 0. The van der Waals surface area contributed by atoms with E-state index < -0.39 is 0 Å². The van der Waals surface area contributed by atoms with Crippen LogP contribution in [-0.2, 0) is 0 Å². The minimum absolute atomic E-state index is 0.540. The van der Waals surface area contributed by atoms with E-state index in [9.17, 15) is 0 Å². The average Bonchev–Trinajstić information content (AvgIpc) is 2.73. The third kappa shape index (κ3) is 2.31. The maximum atomic E-state index is 2.45. The van der Waals surface area contributed by atoms with Crippen molar-refractivity contribution in [3.63, 3.8) is 0 Å². The summed E-state index contributed by atoms with van der Waals surface area (Å²) in [6.45, 7) is 4.57. The van der Waals surface area contributed by atoms with Crippen molar-refractivity contribution < 1.29 is 0 Å². The molecular weight excluding hydrogens is 180 g/mol. The molecule has 0 unspecified atom stereocenters. The average molecular weight is 200 g/mol. The van der Waals surface area contributed by atoms with Gasteiger partial charge in [-0.1, -0.05) is 36.0 Å². The summed E-state index contributed by atoms with van der Waals surface area (Å²) in [5.74, 6) is 0.540. The SMILES string of the molecule is CC1=C(C)C(C2C=CC=C2)=CCCCC1. The molecule has 80 valence electrons. The lowest BCUT2D eigenvalue weighted by molar-refractivity contribution is 0.720. The minimum Gasteiger partial charge on any atom is -0.0801 e. The van der Waals surface area contributed by atoms with Gasteiger partial charge in [-0.3, -0.25) is 0 Å². The second-order valence-corrected chi connectivity index (χ2v) is 4.61. The third-order valence-electron chi connectivity index (χ3n) is 3.55. The van der Waals surface area contributed by atoms with Gasteiger partial charge in [0.2, 0.25) is 0 Å². The Morgan fingerprint density at radius 1 is 1.07 bits per heavy atom. The molecule has 0 amide bonds. The lowest BCUT2D eigenvalue weighted by Crippen LogP contribution is -2.02. The van der Waals surface area contributed by atoms with Crippen LogP contribution in [0.15, 0.2) is 47.1 Å². The molecule has 2 rings (SSSR count). The number of hydrogen-bond donors (Lipinski definition) is 0. The maximum absolute atomic E-state index is 2.45. The van der Waals surface area contributed by atoms with Crippen molar-refractivity contribution >= 4 is 0 Å². The van der Waals surface area contributed by atoms with E-state index >= 15 is 0 Å². The van der Waals surface area contributed by atoms with Crippen molar-refractivity contribution in [1.29, 1.82) is 0 Å². The molecule has 0 saturated carbocycles. The monoisotopic (exact) mass is 200 g/mol. The van der Waals surface area contributed by atoms with Gasteiger partial charge in [-0.05, 0) is 50.7 Å². The summed E-state index contributed by atoms with van der Waals surface area (Å²) in [5.41, 5.74) is 4.64. The summed E-state index contributed by atoms with van der Waals surface area (Å²) >= 11 is 0. The summed E-state index contributed by atoms with van der Waals surface area (Å²) in [5, 5.41) is 0. The molecule has 0 atom stereocenters. The van der Waals surface area contributed by atoms with E-state index in [1.807, 2.05) is 0 Å². The topological polar surface area (TPSA) is 0 Å². The predicted octanol–water partition coefficient (Wildman–Crippen LogP) is 4.57. The smallest absolute Gasteiger partial charge is 0.0204 e. The van der Waals surface area contributed by atoms with Crippen LogP contribution in [0.1, 0.15) is 39.5 Å². The van der Waals surface area contributed by atoms with E-state index in [2.05, 4.69) is 44.2 Å². The van der Waals surface area contributed by atoms with Gasteiger partial charge in [-0.2, -0.15) is 0 Å². The molecule has 0 radical (unpaired) electrons. The Balaban J connectivity index is 2.29. The van der Waals surface area contributed by atoms with Gasteiger partial charge in [0.25, 0.3) is 0 Å². The van der Waals surface area contributed by atoms with Crippen molar-refractivity contribution in [2.45, 2.75) is 39.5 Å². The van der Waals surface area contributed by atoms with Gasteiger partial charge >= 0.3 is 0 Å². The van der Waals surface area contributed by atoms with Gasteiger partial charge in [0.1, 0.15) is 0 Å². The van der Waals surface area contributed by atoms with Crippen LogP contribution in [-0.4, -0.2) is 0 Å². The van der Waals surface area contributed by atoms with Gasteiger partial charge in [0, 0.05) is 5.92 Å². The maximum Gasteiger partial charge on any atom is 0.0204 e. The van der Waals surface area contributed by atoms with E-state index in [0.29, 0.717) is 5.92 Å². The number of hydrogen-bond acceptors (Lipinski definition) is 0. The highest BCUT2D eigenvalue weighted by Gasteiger charge is 2.14. The quantitative estimate of drug-likeness (QED) is 0.582. The fourth-order valence-corrected chi connectivity index (χ4v) is 2.40.